The van der Waals surface area contributed by atoms with Crippen LogP contribution in [0.3, 0.4) is 0 Å². The number of hydrogen-bond donors (Lipinski definition) is 3. The molecule has 6 nitrogen and oxygen atoms in total. The van der Waals surface area contributed by atoms with E-state index in [0.29, 0.717) is 18.0 Å². The number of hydrogen-bond acceptors (Lipinski definition) is 5. The topological polar surface area (TPSA) is 93.5 Å². The van der Waals surface area contributed by atoms with E-state index in [1.807, 2.05) is 6.92 Å². The average molecular weight is 285 g/mol. The Hall–Kier alpha value is -1.31. The van der Waals surface area contributed by atoms with E-state index >= 15 is 0 Å². The Labute approximate surface area is 113 Å². The van der Waals surface area contributed by atoms with Crippen molar-refractivity contribution in [2.75, 3.05) is 24.7 Å². The van der Waals surface area contributed by atoms with Crippen LogP contribution in [0.1, 0.15) is 13.3 Å². The maximum Gasteiger partial charge on any atom is 0.240 e. The lowest BCUT2D eigenvalue weighted by atomic mass is 10.1. The zero-order valence-electron chi connectivity index (χ0n) is 11.0. The Morgan fingerprint density at radius 2 is 2.16 bits per heavy atom. The minimum atomic E-state index is -3.46. The summed E-state index contributed by atoms with van der Waals surface area (Å²) in [7, 11) is -2.08. The first-order valence-corrected chi connectivity index (χ1v) is 7.63. The van der Waals surface area contributed by atoms with Gasteiger partial charge < -0.3 is 15.8 Å². The van der Waals surface area contributed by atoms with Crippen molar-refractivity contribution in [1.82, 2.24) is 4.72 Å². The number of rotatable bonds is 4. The van der Waals surface area contributed by atoms with Gasteiger partial charge in [-0.25, -0.2) is 13.1 Å². The highest BCUT2D eigenvalue weighted by atomic mass is 32.2. The van der Waals surface area contributed by atoms with Crippen LogP contribution < -0.4 is 15.8 Å². The Balaban J connectivity index is 2.27. The third-order valence-corrected chi connectivity index (χ3v) is 4.73. The van der Waals surface area contributed by atoms with Crippen LogP contribution in [0.2, 0.25) is 0 Å². The largest absolute Gasteiger partial charge is 0.397 e. The first-order valence-electron chi connectivity index (χ1n) is 6.15. The molecular formula is C12H19N3O3S. The fourth-order valence-corrected chi connectivity index (χ4v) is 2.82. The number of nitrogens with two attached hydrogens (primary N) is 1. The molecule has 1 aliphatic heterocycles. The lowest BCUT2D eigenvalue weighted by molar-refractivity contribution is 0.121. The maximum atomic E-state index is 11.8. The minimum absolute atomic E-state index is 0.0870. The van der Waals surface area contributed by atoms with Crippen LogP contribution in [0.4, 0.5) is 11.4 Å². The summed E-state index contributed by atoms with van der Waals surface area (Å²) < 4.78 is 31.3. The molecule has 1 aliphatic rings. The molecule has 4 N–H and O–H groups in total. The molecule has 0 bridgehead atoms. The van der Waals surface area contributed by atoms with Crippen LogP contribution in [0, 0.1) is 0 Å². The molecule has 1 saturated heterocycles. The van der Waals surface area contributed by atoms with Crippen LogP contribution >= 0.6 is 0 Å². The summed E-state index contributed by atoms with van der Waals surface area (Å²) >= 11 is 0. The van der Waals surface area contributed by atoms with Crippen molar-refractivity contribution < 1.29 is 13.2 Å². The van der Waals surface area contributed by atoms with Crippen molar-refractivity contribution in [2.45, 2.75) is 30.4 Å². The quantitative estimate of drug-likeness (QED) is 0.710. The normalized spacial score (nSPS) is 23.5. The van der Waals surface area contributed by atoms with Crippen molar-refractivity contribution in [3.63, 3.8) is 0 Å². The lowest BCUT2D eigenvalue weighted by Gasteiger charge is -2.19. The van der Waals surface area contributed by atoms with Crippen molar-refractivity contribution >= 4 is 21.4 Å². The molecule has 0 aliphatic carbocycles. The Morgan fingerprint density at radius 1 is 1.42 bits per heavy atom. The molecule has 106 valence electrons. The van der Waals surface area contributed by atoms with Gasteiger partial charge in [0.15, 0.2) is 0 Å². The summed E-state index contributed by atoms with van der Waals surface area (Å²) in [6.45, 7) is 2.68. The summed E-state index contributed by atoms with van der Waals surface area (Å²) in [4.78, 5) is 0.193. The second kappa shape index (κ2) is 5.36. The van der Waals surface area contributed by atoms with Crippen LogP contribution in [-0.4, -0.2) is 34.2 Å². The summed E-state index contributed by atoms with van der Waals surface area (Å²) in [6, 6.07) is 4.77. The number of nitrogens with one attached hydrogen (secondary N) is 2. The van der Waals surface area contributed by atoms with Crippen molar-refractivity contribution in [2.24, 2.45) is 0 Å². The number of benzene rings is 1. The standard InChI is InChI=1S/C12H19N3O3S/c1-8-11(5-6-18-8)15-12-7-9(3-4-10(12)13)19(16,17)14-2/h3-4,7-8,11,14-15H,5-6,13H2,1-2H3. The van der Waals surface area contributed by atoms with Gasteiger partial charge >= 0.3 is 0 Å². The summed E-state index contributed by atoms with van der Waals surface area (Å²) in [5, 5.41) is 3.25. The molecule has 0 saturated carbocycles. The molecule has 0 aromatic heterocycles. The van der Waals surface area contributed by atoms with Crippen LogP contribution in [0.15, 0.2) is 23.1 Å². The SMILES string of the molecule is CNS(=O)(=O)c1ccc(N)c(NC2CCOC2C)c1. The van der Waals surface area contributed by atoms with Gasteiger partial charge in [-0.15, -0.1) is 0 Å². The molecule has 1 heterocycles. The van der Waals surface area contributed by atoms with Crippen molar-refractivity contribution in [1.29, 1.82) is 0 Å². The highest BCUT2D eigenvalue weighted by Gasteiger charge is 2.25. The molecule has 7 heteroatoms. The van der Waals surface area contributed by atoms with Gasteiger partial charge in [0.2, 0.25) is 10.0 Å². The molecule has 2 rings (SSSR count). The Morgan fingerprint density at radius 3 is 2.74 bits per heavy atom. The Kier molecular flexibility index (Phi) is 3.98. The van der Waals surface area contributed by atoms with Gasteiger partial charge in [-0.2, -0.15) is 0 Å². The van der Waals surface area contributed by atoms with E-state index < -0.39 is 10.0 Å². The highest BCUT2D eigenvalue weighted by Crippen LogP contribution is 2.26. The molecule has 1 aromatic rings. The molecule has 1 aromatic carbocycles. The molecule has 2 unspecified atom stereocenters. The van der Waals surface area contributed by atoms with Gasteiger partial charge in [-0.05, 0) is 38.6 Å². The van der Waals surface area contributed by atoms with Gasteiger partial charge in [0.25, 0.3) is 0 Å². The fraction of sp³-hybridized carbons (Fsp3) is 0.500. The summed E-state index contributed by atoms with van der Waals surface area (Å²) in [5.74, 6) is 0. The van der Waals surface area contributed by atoms with Gasteiger partial charge in [-0.1, -0.05) is 0 Å². The molecule has 0 amide bonds. The van der Waals surface area contributed by atoms with Crippen LogP contribution in [-0.2, 0) is 14.8 Å². The number of nitrogen functional groups attached to an aromatic ring is 1. The van der Waals surface area contributed by atoms with Gasteiger partial charge in [-0.3, -0.25) is 0 Å². The zero-order chi connectivity index (χ0) is 14.0. The van der Waals surface area contributed by atoms with Crippen LogP contribution in [0.5, 0.6) is 0 Å². The molecule has 1 fully saturated rings. The fourth-order valence-electron chi connectivity index (χ4n) is 2.07. The van der Waals surface area contributed by atoms with E-state index in [-0.39, 0.29) is 17.0 Å². The number of ether oxygens (including phenoxy) is 1. The molecule has 0 spiro atoms. The van der Waals surface area contributed by atoms with E-state index in [4.69, 9.17) is 10.5 Å². The smallest absolute Gasteiger partial charge is 0.240 e. The third-order valence-electron chi connectivity index (χ3n) is 3.32. The third kappa shape index (κ3) is 2.99. The number of sulfonamides is 1. The maximum absolute atomic E-state index is 11.8. The molecule has 19 heavy (non-hydrogen) atoms. The molecule has 2 atom stereocenters. The second-order valence-corrected chi connectivity index (χ2v) is 6.46. The van der Waals surface area contributed by atoms with Gasteiger partial charge in [0.05, 0.1) is 28.4 Å². The van der Waals surface area contributed by atoms with E-state index in [2.05, 4.69) is 10.0 Å². The average Bonchev–Trinajstić information content (AvgIpc) is 2.77. The summed E-state index contributed by atoms with van der Waals surface area (Å²) in [5.41, 5.74) is 7.03. The monoisotopic (exact) mass is 285 g/mol. The van der Waals surface area contributed by atoms with Crippen molar-refractivity contribution in [3.8, 4) is 0 Å². The van der Waals surface area contributed by atoms with Gasteiger partial charge in [0.1, 0.15) is 0 Å². The minimum Gasteiger partial charge on any atom is -0.397 e. The first-order chi connectivity index (χ1) is 8.94. The van der Waals surface area contributed by atoms with E-state index in [9.17, 15) is 8.42 Å². The van der Waals surface area contributed by atoms with Gasteiger partial charge in [0, 0.05) is 6.61 Å². The van der Waals surface area contributed by atoms with Crippen LogP contribution in [0.25, 0.3) is 0 Å². The van der Waals surface area contributed by atoms with E-state index in [0.717, 1.165) is 6.42 Å². The predicted octanol–water partition coefficient (Wildman–Crippen LogP) is 0.766. The lowest BCUT2D eigenvalue weighted by Crippen LogP contribution is -2.27. The predicted molar refractivity (Wildman–Crippen MR) is 74.5 cm³/mol. The number of anilines is 2. The Bertz CT molecular complexity index is 559. The van der Waals surface area contributed by atoms with E-state index in [1.165, 1.54) is 13.1 Å². The zero-order valence-corrected chi connectivity index (χ0v) is 11.8. The van der Waals surface area contributed by atoms with E-state index in [1.54, 1.807) is 12.1 Å². The highest BCUT2D eigenvalue weighted by molar-refractivity contribution is 7.89. The van der Waals surface area contributed by atoms with Crippen molar-refractivity contribution in [3.05, 3.63) is 18.2 Å². The molecular weight excluding hydrogens is 266 g/mol. The first kappa shape index (κ1) is 14.1. The summed E-state index contributed by atoms with van der Waals surface area (Å²) in [6.07, 6.45) is 0.966. The molecule has 0 radical (unpaired) electrons. The second-order valence-electron chi connectivity index (χ2n) is 4.57.